The number of aromatic nitrogens is 4. The molecule has 0 saturated carbocycles. The van der Waals surface area contributed by atoms with Crippen LogP contribution in [0.5, 0.6) is 0 Å². The first-order chi connectivity index (χ1) is 13.2. The molecule has 0 spiro atoms. The molecular weight excluding hydrogens is 360 g/mol. The molecule has 9 heteroatoms. The van der Waals surface area contributed by atoms with Crippen molar-refractivity contribution in [3.05, 3.63) is 59.4 Å². The predicted molar refractivity (Wildman–Crippen MR) is 106 cm³/mol. The number of aryl methyl sites for hydroxylation is 1. The highest BCUT2D eigenvalue weighted by Gasteiger charge is 2.09. The molecule has 0 aliphatic heterocycles. The first-order valence-electron chi connectivity index (χ1n) is 8.22. The highest BCUT2D eigenvalue weighted by atomic mass is 32.1. The number of nitrogens with zero attached hydrogens (tertiary/aromatic N) is 5. The fourth-order valence-corrected chi connectivity index (χ4v) is 3.28. The maximum atomic E-state index is 7.31. The van der Waals surface area contributed by atoms with E-state index in [2.05, 4.69) is 41.8 Å². The number of hydrogen-bond acceptors (Lipinski definition) is 9. The molecule has 3 aromatic heterocycles. The van der Waals surface area contributed by atoms with E-state index in [1.54, 1.807) is 6.20 Å². The number of hydrogen-bond donors (Lipinski definition) is 3. The van der Waals surface area contributed by atoms with Crippen LogP contribution >= 0.6 is 11.3 Å². The van der Waals surface area contributed by atoms with Crippen LogP contribution in [-0.2, 0) is 6.54 Å². The van der Waals surface area contributed by atoms with E-state index >= 15 is 0 Å². The van der Waals surface area contributed by atoms with Gasteiger partial charge in [-0.2, -0.15) is 0 Å². The summed E-state index contributed by atoms with van der Waals surface area (Å²) >= 11 is 1.49. The van der Waals surface area contributed by atoms with Gasteiger partial charge in [0.1, 0.15) is 0 Å². The zero-order chi connectivity index (χ0) is 18.6. The summed E-state index contributed by atoms with van der Waals surface area (Å²) in [6.45, 7) is 2.46. The maximum Gasteiger partial charge on any atom is 0.216 e. The van der Waals surface area contributed by atoms with Crippen LogP contribution in [0.2, 0.25) is 0 Å². The van der Waals surface area contributed by atoms with Gasteiger partial charge in [-0.05, 0) is 30.7 Å². The molecule has 3 heterocycles. The third-order valence-electron chi connectivity index (χ3n) is 3.84. The van der Waals surface area contributed by atoms with Gasteiger partial charge in [-0.1, -0.05) is 12.1 Å². The van der Waals surface area contributed by atoms with Crippen LogP contribution in [0.1, 0.15) is 11.3 Å². The maximum absolute atomic E-state index is 7.31. The quantitative estimate of drug-likeness (QED) is 0.416. The number of fused-ring (bicyclic) bond motifs is 1. The van der Waals surface area contributed by atoms with Crippen molar-refractivity contribution in [2.24, 2.45) is 5.11 Å². The van der Waals surface area contributed by atoms with Crippen molar-refractivity contribution in [3.63, 3.8) is 0 Å². The standard InChI is InChI=1S/C18H16N8S/c1-11-10-27-18(23-11)25-15-9-22-17(26-19)16(24-15)21-8-12-4-5-14-13(7-12)3-2-6-20-14/h2-7,9-10,19H,8H2,1H3,(H2,21,23,24,25). The van der Waals surface area contributed by atoms with Crippen molar-refractivity contribution in [3.8, 4) is 0 Å². The van der Waals surface area contributed by atoms with Crippen LogP contribution in [0.15, 0.2) is 53.2 Å². The van der Waals surface area contributed by atoms with Gasteiger partial charge in [-0.25, -0.2) is 20.5 Å². The number of pyridine rings is 1. The van der Waals surface area contributed by atoms with Crippen molar-refractivity contribution in [2.75, 3.05) is 10.6 Å². The largest absolute Gasteiger partial charge is 0.363 e. The van der Waals surface area contributed by atoms with Crippen molar-refractivity contribution < 1.29 is 0 Å². The lowest BCUT2D eigenvalue weighted by Gasteiger charge is -2.10. The highest BCUT2D eigenvalue weighted by molar-refractivity contribution is 7.13. The Bertz CT molecular complexity index is 1110. The molecule has 1 aromatic carbocycles. The van der Waals surface area contributed by atoms with Crippen molar-refractivity contribution in [2.45, 2.75) is 13.5 Å². The van der Waals surface area contributed by atoms with Crippen LogP contribution in [0.4, 0.5) is 22.6 Å². The molecular formula is C18H16N8S. The van der Waals surface area contributed by atoms with Gasteiger partial charge in [0.2, 0.25) is 5.82 Å². The topological polar surface area (TPSA) is 112 Å². The molecule has 0 aliphatic rings. The Morgan fingerprint density at radius 2 is 2.11 bits per heavy atom. The monoisotopic (exact) mass is 376 g/mol. The van der Waals surface area contributed by atoms with Crippen LogP contribution in [0, 0.1) is 12.5 Å². The molecule has 0 saturated heterocycles. The molecule has 0 unspecified atom stereocenters. The molecule has 0 fully saturated rings. The summed E-state index contributed by atoms with van der Waals surface area (Å²) in [5.41, 5.74) is 10.3. The Kier molecular flexibility index (Phi) is 4.67. The van der Waals surface area contributed by atoms with Gasteiger partial charge in [0.05, 0.1) is 17.4 Å². The van der Waals surface area contributed by atoms with Crippen molar-refractivity contribution in [1.82, 2.24) is 19.9 Å². The summed E-state index contributed by atoms with van der Waals surface area (Å²) in [6, 6.07) is 10.00. The van der Waals surface area contributed by atoms with E-state index in [9.17, 15) is 0 Å². The Hall–Kier alpha value is -3.46. The number of nitrogens with one attached hydrogen (secondary N) is 3. The van der Waals surface area contributed by atoms with E-state index in [-0.39, 0.29) is 5.82 Å². The zero-order valence-corrected chi connectivity index (χ0v) is 15.3. The number of anilines is 3. The second kappa shape index (κ2) is 7.42. The Labute approximate surface area is 159 Å². The molecule has 0 atom stereocenters. The summed E-state index contributed by atoms with van der Waals surface area (Å²) < 4.78 is 0. The van der Waals surface area contributed by atoms with Crippen LogP contribution < -0.4 is 10.6 Å². The number of thiazole rings is 1. The first-order valence-corrected chi connectivity index (χ1v) is 9.10. The second-order valence-electron chi connectivity index (χ2n) is 5.84. The summed E-state index contributed by atoms with van der Waals surface area (Å²) in [5.74, 6) is 1.22. The number of rotatable bonds is 6. The van der Waals surface area contributed by atoms with E-state index in [1.165, 1.54) is 17.5 Å². The highest BCUT2D eigenvalue weighted by Crippen LogP contribution is 2.25. The molecule has 27 heavy (non-hydrogen) atoms. The number of benzene rings is 1. The second-order valence-corrected chi connectivity index (χ2v) is 6.70. The van der Waals surface area contributed by atoms with Gasteiger partial charge in [0, 0.05) is 23.5 Å². The average Bonchev–Trinajstić information content (AvgIpc) is 3.11. The minimum absolute atomic E-state index is 0.235. The van der Waals surface area contributed by atoms with Crippen LogP contribution in [0.25, 0.3) is 10.9 Å². The molecule has 0 radical (unpaired) electrons. The lowest BCUT2D eigenvalue weighted by molar-refractivity contribution is 1.03. The Morgan fingerprint density at radius 1 is 1.19 bits per heavy atom. The lowest BCUT2D eigenvalue weighted by Crippen LogP contribution is -2.04. The molecule has 4 rings (SSSR count). The minimum Gasteiger partial charge on any atom is -0.363 e. The van der Waals surface area contributed by atoms with Crippen molar-refractivity contribution >= 4 is 44.8 Å². The molecule has 0 amide bonds. The smallest absolute Gasteiger partial charge is 0.216 e. The predicted octanol–water partition coefficient (Wildman–Crippen LogP) is 4.81. The lowest BCUT2D eigenvalue weighted by atomic mass is 10.1. The summed E-state index contributed by atoms with van der Waals surface area (Å²) in [5, 5.41) is 13.5. The average molecular weight is 376 g/mol. The zero-order valence-electron chi connectivity index (χ0n) is 14.5. The van der Waals surface area contributed by atoms with E-state index in [1.807, 2.05) is 36.6 Å². The fourth-order valence-electron chi connectivity index (χ4n) is 2.59. The van der Waals surface area contributed by atoms with Gasteiger partial charge < -0.3 is 10.6 Å². The SMILES string of the molecule is Cc1csc(Nc2cnc(N=N)c(NCc3ccc4ncccc4c3)n2)n1. The Balaban J connectivity index is 1.54. The van der Waals surface area contributed by atoms with Gasteiger partial charge in [-0.15, -0.1) is 16.5 Å². The molecule has 0 bridgehead atoms. The van der Waals surface area contributed by atoms with Crippen molar-refractivity contribution in [1.29, 1.82) is 5.53 Å². The molecule has 0 aliphatic carbocycles. The molecule has 8 nitrogen and oxygen atoms in total. The van der Waals surface area contributed by atoms with Gasteiger partial charge in [-0.3, -0.25) is 4.98 Å². The summed E-state index contributed by atoms with van der Waals surface area (Å²) in [4.78, 5) is 17.3. The third kappa shape index (κ3) is 3.87. The summed E-state index contributed by atoms with van der Waals surface area (Å²) in [6.07, 6.45) is 3.32. The third-order valence-corrected chi connectivity index (χ3v) is 4.72. The molecule has 134 valence electrons. The van der Waals surface area contributed by atoms with E-state index in [0.29, 0.717) is 18.2 Å². The van der Waals surface area contributed by atoms with E-state index in [0.717, 1.165) is 27.3 Å². The first kappa shape index (κ1) is 17.0. The molecule has 4 aromatic rings. The van der Waals surface area contributed by atoms with Gasteiger partial charge in [0.25, 0.3) is 0 Å². The van der Waals surface area contributed by atoms with Crippen LogP contribution in [-0.4, -0.2) is 19.9 Å². The fraction of sp³-hybridized carbons (Fsp3) is 0.111. The normalized spacial score (nSPS) is 10.7. The van der Waals surface area contributed by atoms with Gasteiger partial charge in [0.15, 0.2) is 16.8 Å². The van der Waals surface area contributed by atoms with Crippen LogP contribution in [0.3, 0.4) is 0 Å². The minimum atomic E-state index is 0.235. The van der Waals surface area contributed by atoms with Gasteiger partial charge >= 0.3 is 0 Å². The molecule has 3 N–H and O–H groups in total. The van der Waals surface area contributed by atoms with E-state index < -0.39 is 0 Å². The Morgan fingerprint density at radius 3 is 2.93 bits per heavy atom. The van der Waals surface area contributed by atoms with E-state index in [4.69, 9.17) is 5.53 Å². The summed E-state index contributed by atoms with van der Waals surface area (Å²) in [7, 11) is 0.